The number of carbonyl (C=O) groups excluding carboxylic acids is 2. The summed E-state index contributed by atoms with van der Waals surface area (Å²) in [5.74, 6) is -0.462. The molecule has 0 bridgehead atoms. The molecule has 176 valence electrons. The van der Waals surface area contributed by atoms with Gasteiger partial charge in [-0.25, -0.2) is 9.78 Å². The third kappa shape index (κ3) is 5.23. The Morgan fingerprint density at radius 1 is 0.944 bits per heavy atom. The maximum Gasteiger partial charge on any atom is 1.00 e. The Kier molecular flexibility index (Phi) is 7.64. The van der Waals surface area contributed by atoms with Crippen LogP contribution in [0.4, 0.5) is 10.6 Å². The van der Waals surface area contributed by atoms with Crippen LogP contribution in [-0.2, 0) is 28.6 Å². The molecule has 1 aromatic heterocycles. The minimum Gasteiger partial charge on any atom is -0.549 e. The molecular weight excluding hydrogens is 465 g/mol. The summed E-state index contributed by atoms with van der Waals surface area (Å²) in [6.07, 6.45) is 2.34. The van der Waals surface area contributed by atoms with Gasteiger partial charge in [0.25, 0.3) is 0 Å². The van der Waals surface area contributed by atoms with Gasteiger partial charge in [0.1, 0.15) is 18.1 Å². The molecule has 1 heterocycles. The Hall–Kier alpha value is -3.39. The predicted octanol–water partition coefficient (Wildman–Crippen LogP) is 1.29. The van der Waals surface area contributed by atoms with Crippen LogP contribution in [0.15, 0.2) is 85.2 Å². The van der Waals surface area contributed by atoms with Crippen molar-refractivity contribution in [2.75, 3.05) is 5.32 Å². The fourth-order valence-electron chi connectivity index (χ4n) is 4.18. The molecule has 1 aliphatic carbocycles. The van der Waals surface area contributed by atoms with Gasteiger partial charge in [0.2, 0.25) is 0 Å². The van der Waals surface area contributed by atoms with Crippen molar-refractivity contribution in [1.82, 2.24) is 9.55 Å². The van der Waals surface area contributed by atoms with Gasteiger partial charge in [0, 0.05) is 18.0 Å². The smallest absolute Gasteiger partial charge is 0.549 e. The number of nitrogens with one attached hydrogen (secondary N) is 1. The molecule has 0 atom stereocenters. The van der Waals surface area contributed by atoms with E-state index in [4.69, 9.17) is 4.74 Å². The van der Waals surface area contributed by atoms with Crippen LogP contribution in [0.3, 0.4) is 0 Å². The molecule has 1 N–H and O–H groups in total. The molecule has 0 spiro atoms. The Balaban J connectivity index is 0.00000304. The number of ether oxygens (including phenoxy) is 1. The zero-order chi connectivity index (χ0) is 24.4. The summed E-state index contributed by atoms with van der Waals surface area (Å²) in [6.45, 7) is 0.178. The molecular formula is C28H24N3NaO4. The molecule has 0 radical (unpaired) electrons. The molecule has 8 heteroatoms. The third-order valence-electron chi connectivity index (χ3n) is 6.44. The van der Waals surface area contributed by atoms with Crippen LogP contribution in [0.5, 0.6) is 0 Å². The molecule has 7 nitrogen and oxygen atoms in total. The van der Waals surface area contributed by atoms with E-state index in [1.807, 2.05) is 78.9 Å². The van der Waals surface area contributed by atoms with Gasteiger partial charge in [-0.05, 0) is 35.1 Å². The van der Waals surface area contributed by atoms with Gasteiger partial charge in [-0.15, -0.1) is 0 Å². The Bertz CT molecular complexity index is 1360. The number of carboxylic acids is 1. The normalized spacial score (nSPS) is 13.4. The second kappa shape index (κ2) is 10.7. The van der Waals surface area contributed by atoms with Crippen molar-refractivity contribution >= 4 is 17.9 Å². The number of rotatable bonds is 7. The number of benzene rings is 3. The predicted molar refractivity (Wildman–Crippen MR) is 130 cm³/mol. The summed E-state index contributed by atoms with van der Waals surface area (Å²) in [7, 11) is 1.80. The Morgan fingerprint density at radius 2 is 1.53 bits per heavy atom. The fraction of sp³-hybridized carbons (Fsp3) is 0.179. The molecule has 1 saturated carbocycles. The molecule has 1 aliphatic rings. The first-order valence-electron chi connectivity index (χ1n) is 11.4. The summed E-state index contributed by atoms with van der Waals surface area (Å²) >= 11 is 0. The number of imidazole rings is 1. The van der Waals surface area contributed by atoms with E-state index in [0.29, 0.717) is 24.4 Å². The van der Waals surface area contributed by atoms with Crippen molar-refractivity contribution in [1.29, 1.82) is 0 Å². The minimum absolute atomic E-state index is 0. The van der Waals surface area contributed by atoms with Crippen molar-refractivity contribution in [3.8, 4) is 22.4 Å². The molecule has 5 rings (SSSR count). The van der Waals surface area contributed by atoms with Crippen molar-refractivity contribution < 1.29 is 49.0 Å². The number of aliphatic carboxylic acids is 1. The summed E-state index contributed by atoms with van der Waals surface area (Å²) in [5, 5.41) is 14.3. The van der Waals surface area contributed by atoms with Gasteiger partial charge in [0.15, 0.2) is 0 Å². The van der Waals surface area contributed by atoms with Crippen LogP contribution in [0, 0.1) is 0 Å². The van der Waals surface area contributed by atoms with Gasteiger partial charge >= 0.3 is 35.7 Å². The number of nitrogens with zero attached hydrogens (tertiary/aromatic N) is 2. The first-order valence-corrected chi connectivity index (χ1v) is 11.4. The molecule has 0 unspecified atom stereocenters. The second-order valence-electron chi connectivity index (χ2n) is 8.76. The van der Waals surface area contributed by atoms with Crippen LogP contribution < -0.4 is 40.0 Å². The number of aryl methyl sites for hydroxylation is 1. The monoisotopic (exact) mass is 489 g/mol. The van der Waals surface area contributed by atoms with E-state index < -0.39 is 17.5 Å². The summed E-state index contributed by atoms with van der Waals surface area (Å²) in [4.78, 5) is 28.3. The van der Waals surface area contributed by atoms with Gasteiger partial charge in [-0.2, -0.15) is 0 Å². The van der Waals surface area contributed by atoms with Gasteiger partial charge in [0.05, 0.1) is 12.3 Å². The van der Waals surface area contributed by atoms with E-state index in [1.54, 1.807) is 17.9 Å². The van der Waals surface area contributed by atoms with Crippen molar-refractivity contribution in [2.45, 2.75) is 24.9 Å². The molecule has 0 aliphatic heterocycles. The minimum atomic E-state index is -1.00. The van der Waals surface area contributed by atoms with Gasteiger partial charge < -0.3 is 19.2 Å². The number of amides is 1. The number of carboxylic acid groups (broad SMARTS) is 1. The van der Waals surface area contributed by atoms with E-state index in [0.717, 1.165) is 27.8 Å². The largest absolute Gasteiger partial charge is 1.00 e. The first-order chi connectivity index (χ1) is 17.0. The number of hydrogen-bond acceptors (Lipinski definition) is 5. The second-order valence-corrected chi connectivity index (χ2v) is 8.76. The van der Waals surface area contributed by atoms with E-state index in [9.17, 15) is 14.7 Å². The summed E-state index contributed by atoms with van der Waals surface area (Å²) < 4.78 is 7.08. The molecule has 3 aromatic carbocycles. The average Bonchev–Trinajstić information content (AvgIpc) is 3.63. The van der Waals surface area contributed by atoms with E-state index in [1.165, 1.54) is 0 Å². The zero-order valence-corrected chi connectivity index (χ0v) is 22.2. The van der Waals surface area contributed by atoms with E-state index >= 15 is 0 Å². The van der Waals surface area contributed by atoms with Crippen LogP contribution in [0.25, 0.3) is 22.4 Å². The average molecular weight is 490 g/mol. The van der Waals surface area contributed by atoms with Crippen LogP contribution in [-0.4, -0.2) is 21.6 Å². The summed E-state index contributed by atoms with van der Waals surface area (Å²) in [5.41, 5.74) is 4.34. The summed E-state index contributed by atoms with van der Waals surface area (Å²) in [6, 6.07) is 24.9. The number of anilines is 1. The maximum atomic E-state index is 12.4. The van der Waals surface area contributed by atoms with Crippen molar-refractivity contribution in [3.63, 3.8) is 0 Å². The zero-order valence-electron chi connectivity index (χ0n) is 20.2. The topological polar surface area (TPSA) is 96.3 Å². The molecule has 4 aromatic rings. The van der Waals surface area contributed by atoms with Crippen molar-refractivity contribution in [3.05, 3.63) is 96.3 Å². The maximum absolute atomic E-state index is 12.4. The van der Waals surface area contributed by atoms with Crippen LogP contribution in [0.1, 0.15) is 24.0 Å². The van der Waals surface area contributed by atoms with E-state index in [-0.39, 0.29) is 36.2 Å². The quantitative estimate of drug-likeness (QED) is 0.395. The van der Waals surface area contributed by atoms with Gasteiger partial charge in [-0.1, -0.05) is 78.9 Å². The van der Waals surface area contributed by atoms with Crippen molar-refractivity contribution in [2.24, 2.45) is 7.05 Å². The molecule has 0 saturated heterocycles. The van der Waals surface area contributed by atoms with E-state index in [2.05, 4.69) is 10.3 Å². The standard InChI is InChI=1S/C28H25N3O4.Na/c1-31-18-29-24(25(31)30-27(34)35-17-19-5-3-2-4-6-19)22-9-7-20(8-10-22)21-11-13-23(14-12-21)28(15-16-28)26(32)33;/h2-14,18H,15-17H2,1H3,(H,30,34)(H,32,33);/q;+1/p-1. The Morgan fingerprint density at radius 3 is 2.11 bits per heavy atom. The SMILES string of the molecule is Cn1cnc(-c2ccc(-c3ccc(C4(C(=O)[O-])CC4)cc3)cc2)c1NC(=O)OCc1ccccc1.[Na+]. The molecule has 36 heavy (non-hydrogen) atoms. The van der Waals surface area contributed by atoms with Crippen LogP contribution in [0.2, 0.25) is 0 Å². The molecule has 1 amide bonds. The van der Waals surface area contributed by atoms with Crippen LogP contribution >= 0.6 is 0 Å². The number of aromatic nitrogens is 2. The number of hydrogen-bond donors (Lipinski definition) is 1. The molecule has 1 fully saturated rings. The first kappa shape index (κ1) is 25.7. The fourth-order valence-corrected chi connectivity index (χ4v) is 4.18. The number of carbonyl (C=O) groups is 2. The van der Waals surface area contributed by atoms with Gasteiger partial charge in [-0.3, -0.25) is 5.32 Å². The Labute approximate surface area is 231 Å². The third-order valence-corrected chi connectivity index (χ3v) is 6.44.